The largest absolute Gasteiger partial charge is 0.366 e. The highest BCUT2D eigenvalue weighted by atomic mass is 35.5. The van der Waals surface area contributed by atoms with Crippen molar-refractivity contribution < 1.29 is 4.79 Å². The molecule has 1 fully saturated rings. The fourth-order valence-corrected chi connectivity index (χ4v) is 3.81. The Kier molecular flexibility index (Phi) is 5.22. The van der Waals surface area contributed by atoms with Gasteiger partial charge in [-0.2, -0.15) is 0 Å². The van der Waals surface area contributed by atoms with Crippen molar-refractivity contribution >= 4 is 41.3 Å². The van der Waals surface area contributed by atoms with Gasteiger partial charge in [0, 0.05) is 35.9 Å². The molecular weight excluding hydrogens is 341 g/mol. The van der Waals surface area contributed by atoms with Gasteiger partial charge in [0.05, 0.1) is 9.90 Å². The zero-order valence-corrected chi connectivity index (χ0v) is 14.7. The van der Waals surface area contributed by atoms with Gasteiger partial charge in [0.25, 0.3) is 5.91 Å². The van der Waals surface area contributed by atoms with Gasteiger partial charge in [-0.15, -0.1) is 23.7 Å². The Morgan fingerprint density at radius 2 is 2.27 bits per heavy atom. The van der Waals surface area contributed by atoms with E-state index in [1.54, 1.807) is 6.20 Å². The topological polar surface area (TPSA) is 62.1 Å². The molecule has 1 aliphatic heterocycles. The number of rotatable bonds is 3. The first-order valence-corrected chi connectivity index (χ1v) is 8.14. The maximum absolute atomic E-state index is 12.7. The van der Waals surface area contributed by atoms with E-state index in [0.29, 0.717) is 12.1 Å². The third-order valence-corrected chi connectivity index (χ3v) is 5.42. The standard InChI is InChI=1S/C15H18ClN3OS.ClH/c1-15(8-17)4-5-19(9-15)14(20)11-7-18-6-10(11)12-2-3-13(16)21-12;/h2-3,6-7,18H,4-5,8-9,17H2,1H3;1H. The van der Waals surface area contributed by atoms with E-state index in [9.17, 15) is 4.79 Å². The Morgan fingerprint density at radius 3 is 2.86 bits per heavy atom. The Morgan fingerprint density at radius 1 is 1.50 bits per heavy atom. The first-order chi connectivity index (χ1) is 10.0. The van der Waals surface area contributed by atoms with Crippen molar-refractivity contribution in [1.82, 2.24) is 9.88 Å². The van der Waals surface area contributed by atoms with E-state index in [4.69, 9.17) is 17.3 Å². The normalized spacial score (nSPS) is 21.0. The van der Waals surface area contributed by atoms with Crippen molar-refractivity contribution in [2.75, 3.05) is 19.6 Å². The highest BCUT2D eigenvalue weighted by Gasteiger charge is 2.36. The van der Waals surface area contributed by atoms with Crippen LogP contribution >= 0.6 is 35.3 Å². The second-order valence-electron chi connectivity index (χ2n) is 5.88. The summed E-state index contributed by atoms with van der Waals surface area (Å²) in [6.07, 6.45) is 4.58. The summed E-state index contributed by atoms with van der Waals surface area (Å²) in [6, 6.07) is 3.80. The quantitative estimate of drug-likeness (QED) is 0.878. The molecule has 1 unspecified atom stereocenters. The number of aromatic amines is 1. The van der Waals surface area contributed by atoms with Crippen molar-refractivity contribution in [1.29, 1.82) is 0 Å². The van der Waals surface area contributed by atoms with Crippen molar-refractivity contribution in [3.63, 3.8) is 0 Å². The molecule has 0 aliphatic carbocycles. The fourth-order valence-electron chi connectivity index (χ4n) is 2.74. The van der Waals surface area contributed by atoms with Gasteiger partial charge < -0.3 is 15.6 Å². The van der Waals surface area contributed by atoms with Crippen molar-refractivity contribution in [2.24, 2.45) is 11.1 Å². The number of hydrogen-bond acceptors (Lipinski definition) is 3. The molecule has 1 amide bonds. The van der Waals surface area contributed by atoms with Crippen LogP contribution in [0.5, 0.6) is 0 Å². The first kappa shape index (κ1) is 17.3. The van der Waals surface area contributed by atoms with Crippen LogP contribution in [0.4, 0.5) is 0 Å². The number of nitrogens with two attached hydrogens (primary N) is 1. The van der Waals surface area contributed by atoms with Gasteiger partial charge in [0.1, 0.15) is 0 Å². The molecule has 120 valence electrons. The number of amides is 1. The molecule has 0 saturated carbocycles. The molecule has 3 heterocycles. The van der Waals surface area contributed by atoms with Crippen LogP contribution in [0.3, 0.4) is 0 Å². The molecular formula is C15H19Cl2N3OS. The van der Waals surface area contributed by atoms with E-state index < -0.39 is 0 Å². The lowest BCUT2D eigenvalue weighted by molar-refractivity contribution is 0.0778. The average molecular weight is 360 g/mol. The van der Waals surface area contributed by atoms with E-state index in [1.807, 2.05) is 23.2 Å². The number of H-pyrrole nitrogens is 1. The van der Waals surface area contributed by atoms with Gasteiger partial charge >= 0.3 is 0 Å². The van der Waals surface area contributed by atoms with Crippen LogP contribution in [0, 0.1) is 5.41 Å². The number of nitrogens with zero attached hydrogens (tertiary/aromatic N) is 1. The fraction of sp³-hybridized carbons (Fsp3) is 0.400. The Bertz CT molecular complexity index is 669. The Hall–Kier alpha value is -1.01. The van der Waals surface area contributed by atoms with Gasteiger partial charge in [0.15, 0.2) is 0 Å². The summed E-state index contributed by atoms with van der Waals surface area (Å²) in [5.41, 5.74) is 7.47. The predicted molar refractivity (Wildman–Crippen MR) is 94.0 cm³/mol. The minimum atomic E-state index is 0. The van der Waals surface area contributed by atoms with E-state index in [1.165, 1.54) is 11.3 Å². The van der Waals surface area contributed by atoms with Crippen molar-refractivity contribution in [2.45, 2.75) is 13.3 Å². The van der Waals surface area contributed by atoms with Crippen LogP contribution in [0.2, 0.25) is 4.34 Å². The lowest BCUT2D eigenvalue weighted by Crippen LogP contribution is -2.34. The molecule has 0 spiro atoms. The minimum Gasteiger partial charge on any atom is -0.366 e. The molecule has 0 aromatic carbocycles. The van der Waals surface area contributed by atoms with Gasteiger partial charge in [-0.3, -0.25) is 4.79 Å². The molecule has 3 rings (SSSR count). The monoisotopic (exact) mass is 359 g/mol. The number of likely N-dealkylation sites (tertiary alicyclic amines) is 1. The summed E-state index contributed by atoms with van der Waals surface area (Å²) in [4.78, 5) is 18.7. The molecule has 3 N–H and O–H groups in total. The lowest BCUT2D eigenvalue weighted by Gasteiger charge is -2.22. The number of nitrogens with one attached hydrogen (secondary N) is 1. The number of carbonyl (C=O) groups excluding carboxylic acids is 1. The molecule has 4 nitrogen and oxygen atoms in total. The van der Waals surface area contributed by atoms with Crippen molar-refractivity contribution in [3.8, 4) is 10.4 Å². The smallest absolute Gasteiger partial charge is 0.256 e. The molecule has 7 heteroatoms. The predicted octanol–water partition coefficient (Wildman–Crippen LogP) is 3.63. The molecule has 1 saturated heterocycles. The molecule has 2 aromatic heterocycles. The first-order valence-electron chi connectivity index (χ1n) is 6.94. The number of hydrogen-bond donors (Lipinski definition) is 2. The van der Waals surface area contributed by atoms with Crippen LogP contribution < -0.4 is 5.73 Å². The number of thiophene rings is 1. The van der Waals surface area contributed by atoms with E-state index in [0.717, 1.165) is 34.3 Å². The summed E-state index contributed by atoms with van der Waals surface area (Å²) in [5, 5.41) is 0. The highest BCUT2D eigenvalue weighted by molar-refractivity contribution is 7.19. The van der Waals surface area contributed by atoms with E-state index >= 15 is 0 Å². The van der Waals surface area contributed by atoms with Gasteiger partial charge in [0.2, 0.25) is 0 Å². The van der Waals surface area contributed by atoms with Crippen LogP contribution in [-0.4, -0.2) is 35.4 Å². The van der Waals surface area contributed by atoms with Gasteiger partial charge in [-0.05, 0) is 30.5 Å². The third kappa shape index (κ3) is 3.18. The molecule has 22 heavy (non-hydrogen) atoms. The van der Waals surface area contributed by atoms with E-state index in [-0.39, 0.29) is 23.7 Å². The summed E-state index contributed by atoms with van der Waals surface area (Å²) in [7, 11) is 0. The van der Waals surface area contributed by atoms with Crippen molar-refractivity contribution in [3.05, 3.63) is 34.4 Å². The summed E-state index contributed by atoms with van der Waals surface area (Å²) in [6.45, 7) is 4.23. The highest BCUT2D eigenvalue weighted by Crippen LogP contribution is 2.35. The zero-order chi connectivity index (χ0) is 15.0. The third-order valence-electron chi connectivity index (χ3n) is 4.15. The van der Waals surface area contributed by atoms with Gasteiger partial charge in [-0.1, -0.05) is 18.5 Å². The zero-order valence-electron chi connectivity index (χ0n) is 12.3. The van der Waals surface area contributed by atoms with Crippen LogP contribution in [0.1, 0.15) is 23.7 Å². The maximum atomic E-state index is 12.7. The lowest BCUT2D eigenvalue weighted by atomic mass is 9.90. The Balaban J connectivity index is 0.00000176. The average Bonchev–Trinajstić information content (AvgIpc) is 3.17. The molecule has 1 atom stereocenters. The van der Waals surface area contributed by atoms with E-state index in [2.05, 4.69) is 11.9 Å². The molecule has 2 aromatic rings. The second-order valence-corrected chi connectivity index (χ2v) is 7.59. The van der Waals surface area contributed by atoms with Crippen LogP contribution in [0.15, 0.2) is 24.5 Å². The number of halogens is 2. The number of aromatic nitrogens is 1. The van der Waals surface area contributed by atoms with Crippen LogP contribution in [0.25, 0.3) is 10.4 Å². The molecule has 0 bridgehead atoms. The van der Waals surface area contributed by atoms with Crippen LogP contribution in [-0.2, 0) is 0 Å². The maximum Gasteiger partial charge on any atom is 0.256 e. The molecule has 0 radical (unpaired) electrons. The summed E-state index contributed by atoms with van der Waals surface area (Å²) >= 11 is 7.47. The molecule has 1 aliphatic rings. The second kappa shape index (κ2) is 6.62. The summed E-state index contributed by atoms with van der Waals surface area (Å²) in [5.74, 6) is 0.0629. The Labute approximate surface area is 145 Å². The number of carbonyl (C=O) groups is 1. The summed E-state index contributed by atoms with van der Waals surface area (Å²) < 4.78 is 0.724. The SMILES string of the molecule is CC1(CN)CCN(C(=O)c2c[nH]cc2-c2ccc(Cl)s2)C1.Cl. The minimum absolute atomic E-state index is 0. The van der Waals surface area contributed by atoms with Gasteiger partial charge in [-0.25, -0.2) is 0 Å².